The minimum absolute atomic E-state index is 0.0147. The molecule has 1 atom stereocenters. The fraction of sp³-hybridized carbons (Fsp3) is 0.500. The number of nitrogens with zero attached hydrogens (tertiary/aromatic N) is 1. The first-order chi connectivity index (χ1) is 11.2. The Kier molecular flexibility index (Phi) is 7.39. The van der Waals surface area contributed by atoms with Crippen molar-refractivity contribution in [3.8, 4) is 6.07 Å². The Bertz CT molecular complexity index is 665. The lowest BCUT2D eigenvalue weighted by Gasteiger charge is -2.27. The molecule has 0 aromatic carbocycles. The molecule has 0 unspecified atom stereocenters. The first kappa shape index (κ1) is 20.1. The van der Waals surface area contributed by atoms with Gasteiger partial charge >= 0.3 is 5.97 Å². The van der Waals surface area contributed by atoms with Crippen LogP contribution < -0.4 is 5.32 Å². The van der Waals surface area contributed by atoms with E-state index in [4.69, 9.17) is 21.6 Å². The zero-order chi connectivity index (χ0) is 18.3. The van der Waals surface area contributed by atoms with Crippen molar-refractivity contribution in [2.24, 2.45) is 5.92 Å². The number of carbonyl (C=O) groups excluding carboxylic acids is 3. The van der Waals surface area contributed by atoms with Gasteiger partial charge in [-0.25, -0.2) is 0 Å². The number of thiophene rings is 1. The van der Waals surface area contributed by atoms with E-state index in [1.54, 1.807) is 32.9 Å². The summed E-state index contributed by atoms with van der Waals surface area (Å²) in [5.41, 5.74) is -1.03. The number of nitriles is 1. The fourth-order valence-corrected chi connectivity index (χ4v) is 2.66. The Morgan fingerprint density at radius 2 is 2.04 bits per heavy atom. The van der Waals surface area contributed by atoms with E-state index in [9.17, 15) is 14.4 Å². The minimum atomic E-state index is -1.03. The molecule has 130 valence electrons. The van der Waals surface area contributed by atoms with Crippen LogP contribution in [0.2, 0.25) is 4.34 Å². The molecule has 0 fully saturated rings. The van der Waals surface area contributed by atoms with Gasteiger partial charge in [-0.3, -0.25) is 14.4 Å². The first-order valence-electron chi connectivity index (χ1n) is 7.34. The summed E-state index contributed by atoms with van der Waals surface area (Å²) in [5.74, 6) is -1.51. The predicted molar refractivity (Wildman–Crippen MR) is 90.9 cm³/mol. The lowest BCUT2D eigenvalue weighted by Crippen LogP contribution is -2.50. The smallest absolute Gasteiger partial charge is 0.306 e. The zero-order valence-corrected chi connectivity index (χ0v) is 15.3. The molecular weight excluding hydrogens is 352 g/mol. The molecule has 0 aliphatic carbocycles. The summed E-state index contributed by atoms with van der Waals surface area (Å²) in [7, 11) is 0. The number of esters is 1. The standard InChI is InChI=1S/C16H19ClN2O4S/c1-10(2)16(3,9-18)19-14(21)8-23-15(22)7-4-11(20)12-5-6-13(17)24-12/h5-6,10H,4,7-8H2,1-3H3,(H,19,21)/t16-/m1/s1. The normalized spacial score (nSPS) is 13.0. The monoisotopic (exact) mass is 370 g/mol. The van der Waals surface area contributed by atoms with Crippen LogP contribution in [0, 0.1) is 17.2 Å². The second kappa shape index (κ2) is 8.81. The molecule has 0 radical (unpaired) electrons. The van der Waals surface area contributed by atoms with Gasteiger partial charge in [0.15, 0.2) is 12.4 Å². The molecule has 1 aromatic rings. The molecule has 1 heterocycles. The van der Waals surface area contributed by atoms with Gasteiger partial charge < -0.3 is 10.1 Å². The van der Waals surface area contributed by atoms with Crippen molar-refractivity contribution in [2.75, 3.05) is 6.61 Å². The summed E-state index contributed by atoms with van der Waals surface area (Å²) in [6.07, 6.45) is -0.138. The fourth-order valence-electron chi connectivity index (χ4n) is 1.65. The van der Waals surface area contributed by atoms with E-state index in [0.29, 0.717) is 9.21 Å². The summed E-state index contributed by atoms with van der Waals surface area (Å²) in [6, 6.07) is 5.24. The Labute approximate surface area is 149 Å². The van der Waals surface area contributed by atoms with Crippen molar-refractivity contribution in [3.05, 3.63) is 21.3 Å². The second-order valence-corrected chi connectivity index (χ2v) is 7.42. The van der Waals surface area contributed by atoms with Crippen molar-refractivity contribution >= 4 is 40.6 Å². The number of rotatable bonds is 8. The quantitative estimate of drug-likeness (QED) is 0.560. The van der Waals surface area contributed by atoms with Crippen LogP contribution in [0.4, 0.5) is 0 Å². The topological polar surface area (TPSA) is 96.3 Å². The van der Waals surface area contributed by atoms with Crippen molar-refractivity contribution in [1.29, 1.82) is 5.26 Å². The highest BCUT2D eigenvalue weighted by atomic mass is 35.5. The molecule has 1 rings (SSSR count). The van der Waals surface area contributed by atoms with Crippen LogP contribution in [0.5, 0.6) is 0 Å². The number of Topliss-reactive ketones (excluding diaryl/α,β-unsaturated/α-hetero) is 1. The molecule has 0 saturated heterocycles. The zero-order valence-electron chi connectivity index (χ0n) is 13.7. The molecule has 6 nitrogen and oxygen atoms in total. The average molecular weight is 371 g/mol. The van der Waals surface area contributed by atoms with Crippen LogP contribution in [0.3, 0.4) is 0 Å². The van der Waals surface area contributed by atoms with Crippen LogP contribution in [0.15, 0.2) is 12.1 Å². The van der Waals surface area contributed by atoms with E-state index in [0.717, 1.165) is 11.3 Å². The first-order valence-corrected chi connectivity index (χ1v) is 8.54. The molecular formula is C16H19ClN2O4S. The summed E-state index contributed by atoms with van der Waals surface area (Å²) in [5, 5.41) is 11.7. The number of nitrogens with one attached hydrogen (secondary N) is 1. The molecule has 0 spiro atoms. The van der Waals surface area contributed by atoms with E-state index in [-0.39, 0.29) is 24.5 Å². The van der Waals surface area contributed by atoms with E-state index in [1.807, 2.05) is 6.07 Å². The highest BCUT2D eigenvalue weighted by Crippen LogP contribution is 2.23. The van der Waals surface area contributed by atoms with Crippen LogP contribution in [-0.4, -0.2) is 29.8 Å². The molecule has 1 N–H and O–H groups in total. The number of amides is 1. The largest absolute Gasteiger partial charge is 0.456 e. The number of halogens is 1. The maximum absolute atomic E-state index is 11.8. The number of ether oxygens (including phenoxy) is 1. The van der Waals surface area contributed by atoms with E-state index >= 15 is 0 Å². The molecule has 1 amide bonds. The van der Waals surface area contributed by atoms with E-state index in [1.165, 1.54) is 0 Å². The number of hydrogen-bond acceptors (Lipinski definition) is 6. The van der Waals surface area contributed by atoms with Crippen molar-refractivity contribution < 1.29 is 19.1 Å². The number of carbonyl (C=O) groups is 3. The van der Waals surface area contributed by atoms with E-state index in [2.05, 4.69) is 5.32 Å². The minimum Gasteiger partial charge on any atom is -0.456 e. The van der Waals surface area contributed by atoms with Gasteiger partial charge in [0.25, 0.3) is 5.91 Å². The van der Waals surface area contributed by atoms with E-state index < -0.39 is 24.0 Å². The third kappa shape index (κ3) is 5.95. The molecule has 1 aromatic heterocycles. The summed E-state index contributed by atoms with van der Waals surface area (Å²) in [4.78, 5) is 35.7. The Balaban J connectivity index is 2.37. The lowest BCUT2D eigenvalue weighted by atomic mass is 9.90. The molecule has 0 saturated carbocycles. The molecule has 0 bridgehead atoms. The maximum atomic E-state index is 11.8. The Morgan fingerprint density at radius 1 is 1.38 bits per heavy atom. The average Bonchev–Trinajstić information content (AvgIpc) is 2.96. The maximum Gasteiger partial charge on any atom is 0.306 e. The summed E-state index contributed by atoms with van der Waals surface area (Å²) >= 11 is 6.89. The van der Waals surface area contributed by atoms with Crippen molar-refractivity contribution in [3.63, 3.8) is 0 Å². The van der Waals surface area contributed by atoms with Gasteiger partial charge in [-0.15, -0.1) is 11.3 Å². The molecule has 0 aliphatic rings. The van der Waals surface area contributed by atoms with Gasteiger partial charge in [0.1, 0.15) is 5.54 Å². The van der Waals surface area contributed by atoms with Crippen LogP contribution in [0.1, 0.15) is 43.3 Å². The third-order valence-electron chi connectivity index (χ3n) is 3.55. The highest BCUT2D eigenvalue weighted by Gasteiger charge is 2.30. The number of hydrogen-bond donors (Lipinski definition) is 1. The summed E-state index contributed by atoms with van der Waals surface area (Å²) < 4.78 is 5.33. The predicted octanol–water partition coefficient (Wildman–Crippen LogP) is 2.96. The van der Waals surface area contributed by atoms with Crippen LogP contribution in [0.25, 0.3) is 0 Å². The second-order valence-electron chi connectivity index (χ2n) is 5.70. The highest BCUT2D eigenvalue weighted by molar-refractivity contribution is 7.18. The SMILES string of the molecule is CC(C)[C@@](C)(C#N)NC(=O)COC(=O)CCC(=O)c1ccc(Cl)s1. The van der Waals surface area contributed by atoms with Crippen molar-refractivity contribution in [2.45, 2.75) is 39.2 Å². The molecule has 24 heavy (non-hydrogen) atoms. The summed E-state index contributed by atoms with van der Waals surface area (Å²) in [6.45, 7) is 4.72. The van der Waals surface area contributed by atoms with Crippen LogP contribution in [-0.2, 0) is 14.3 Å². The van der Waals surface area contributed by atoms with Crippen LogP contribution >= 0.6 is 22.9 Å². The van der Waals surface area contributed by atoms with Crippen molar-refractivity contribution in [1.82, 2.24) is 5.32 Å². The van der Waals surface area contributed by atoms with Gasteiger partial charge in [-0.2, -0.15) is 5.26 Å². The molecule has 8 heteroatoms. The molecule has 0 aliphatic heterocycles. The van der Waals surface area contributed by atoms with Gasteiger partial charge in [0.2, 0.25) is 0 Å². The van der Waals surface area contributed by atoms with Gasteiger partial charge in [0, 0.05) is 6.42 Å². The van der Waals surface area contributed by atoms with Gasteiger partial charge in [-0.05, 0) is 25.0 Å². The van der Waals surface area contributed by atoms with Gasteiger partial charge in [0.05, 0.1) is 21.7 Å². The Hall–Kier alpha value is -1.91. The van der Waals surface area contributed by atoms with Gasteiger partial charge in [-0.1, -0.05) is 25.4 Å². The third-order valence-corrected chi connectivity index (χ3v) is 4.83. The number of ketones is 1. The lowest BCUT2D eigenvalue weighted by molar-refractivity contribution is -0.148. The Morgan fingerprint density at radius 3 is 2.54 bits per heavy atom.